The van der Waals surface area contributed by atoms with Gasteiger partial charge < -0.3 is 26.6 Å². The van der Waals surface area contributed by atoms with Gasteiger partial charge in [-0.05, 0) is 53.9 Å². The van der Waals surface area contributed by atoms with Crippen molar-refractivity contribution in [3.05, 3.63) is 35.9 Å². The number of carbonyl (C=O) groups is 6. The third kappa shape index (κ3) is 6.92. The number of piperidine rings is 1. The molecule has 0 radical (unpaired) electrons. The van der Waals surface area contributed by atoms with Crippen molar-refractivity contribution in [1.82, 2.24) is 20.9 Å². The predicted molar refractivity (Wildman–Crippen MR) is 166 cm³/mol. The highest BCUT2D eigenvalue weighted by Gasteiger charge is 2.69. The Bertz CT molecular complexity index is 1320. The molecule has 5 amide bonds. The van der Waals surface area contributed by atoms with E-state index in [2.05, 4.69) is 29.8 Å². The van der Waals surface area contributed by atoms with E-state index < -0.39 is 47.7 Å². The molecule has 0 aromatic heterocycles. The standard InChI is InChI=1S/C34H47N5O6/c1-19(40)36-26(21-13-6-4-7-14-21)31(43)38-27(22-15-8-5-9-16-22)33(45)39-18-23-25(34(23,2)3)28(39)32(44)37-24(29(41)30(35)42)17-20-11-10-12-20/h4,6-7,13-14,20,22-28H,5,8-12,15-18H2,1-3H3,(H2,35,42)(H,36,40)(H,37,44)(H,38,43)/t23-,24?,25-,26-,27-,28-/m0/s1. The fraction of sp³-hybridized carbons (Fsp3) is 0.647. The summed E-state index contributed by atoms with van der Waals surface area (Å²) in [6.45, 7) is 5.85. The average molecular weight is 622 g/mol. The van der Waals surface area contributed by atoms with Crippen LogP contribution in [0.4, 0.5) is 0 Å². The lowest BCUT2D eigenvalue weighted by Gasteiger charge is -2.38. The second kappa shape index (κ2) is 13.3. The van der Waals surface area contributed by atoms with Crippen LogP contribution in [-0.4, -0.2) is 64.9 Å². The highest BCUT2D eigenvalue weighted by atomic mass is 16.2. The number of rotatable bonds is 12. The number of nitrogens with one attached hydrogen (secondary N) is 3. The quantitative estimate of drug-likeness (QED) is 0.261. The van der Waals surface area contributed by atoms with Gasteiger partial charge in [0.2, 0.25) is 29.4 Å². The van der Waals surface area contributed by atoms with E-state index in [1.165, 1.54) is 6.92 Å². The number of benzene rings is 1. The molecule has 5 N–H and O–H groups in total. The average Bonchev–Trinajstić information content (AvgIpc) is 3.30. The summed E-state index contributed by atoms with van der Waals surface area (Å²) in [6, 6.07) is 5.14. The number of carbonyl (C=O) groups excluding carboxylic acids is 6. The molecule has 1 aromatic carbocycles. The number of Topliss-reactive ketones (excluding diaryl/α,β-unsaturated/α-hetero) is 1. The van der Waals surface area contributed by atoms with Gasteiger partial charge in [0.05, 0.1) is 6.04 Å². The number of hydrogen-bond acceptors (Lipinski definition) is 6. The van der Waals surface area contributed by atoms with Gasteiger partial charge in [0.1, 0.15) is 18.1 Å². The number of likely N-dealkylation sites (tertiary alicyclic amines) is 1. The molecule has 45 heavy (non-hydrogen) atoms. The van der Waals surface area contributed by atoms with Gasteiger partial charge in [0.15, 0.2) is 0 Å². The number of nitrogens with two attached hydrogens (primary N) is 1. The summed E-state index contributed by atoms with van der Waals surface area (Å²) in [5.41, 5.74) is 5.77. The van der Waals surface area contributed by atoms with Crippen molar-refractivity contribution in [3.63, 3.8) is 0 Å². The Hall–Kier alpha value is -3.76. The Kier molecular flexibility index (Phi) is 9.65. The van der Waals surface area contributed by atoms with E-state index in [0.717, 1.165) is 51.4 Å². The SMILES string of the molecule is CC(=O)N[C@H](C(=O)N[C@H](C(=O)N1C[C@H]2[C@@H]([C@H]1C(=O)NC(CC1CCC1)C(=O)C(N)=O)C2(C)C)C1CCCCC1)c1ccccc1. The first-order valence-electron chi connectivity index (χ1n) is 16.5. The minimum atomic E-state index is -1.09. The maximum absolute atomic E-state index is 14.5. The number of ketones is 1. The van der Waals surface area contributed by atoms with Crippen molar-refractivity contribution in [3.8, 4) is 0 Å². The van der Waals surface area contributed by atoms with Crippen LogP contribution in [0.3, 0.4) is 0 Å². The summed E-state index contributed by atoms with van der Waals surface area (Å²) >= 11 is 0. The molecule has 0 bridgehead atoms. The molecule has 1 aliphatic heterocycles. The zero-order valence-corrected chi connectivity index (χ0v) is 26.6. The zero-order valence-electron chi connectivity index (χ0n) is 26.6. The second-order valence-corrected chi connectivity index (χ2v) is 14.1. The van der Waals surface area contributed by atoms with Crippen molar-refractivity contribution in [1.29, 1.82) is 0 Å². The van der Waals surface area contributed by atoms with Crippen molar-refractivity contribution in [2.45, 2.75) is 103 Å². The van der Waals surface area contributed by atoms with Gasteiger partial charge in [0.25, 0.3) is 5.91 Å². The Balaban J connectivity index is 1.40. The van der Waals surface area contributed by atoms with Crippen molar-refractivity contribution < 1.29 is 28.8 Å². The number of fused-ring (bicyclic) bond motifs is 1. The molecule has 244 valence electrons. The third-order valence-corrected chi connectivity index (χ3v) is 10.9. The summed E-state index contributed by atoms with van der Waals surface area (Å²) in [6.07, 6.45) is 7.66. The molecule has 1 unspecified atom stereocenters. The van der Waals surface area contributed by atoms with E-state index in [4.69, 9.17) is 5.73 Å². The van der Waals surface area contributed by atoms with E-state index in [-0.39, 0.29) is 40.9 Å². The fourth-order valence-electron chi connectivity index (χ4n) is 7.95. The molecule has 3 aliphatic carbocycles. The first kappa shape index (κ1) is 32.6. The van der Waals surface area contributed by atoms with Gasteiger partial charge in [0, 0.05) is 13.5 Å². The molecule has 1 saturated heterocycles. The van der Waals surface area contributed by atoms with Crippen LogP contribution in [0, 0.1) is 29.1 Å². The number of amides is 5. The van der Waals surface area contributed by atoms with Gasteiger partial charge in [-0.3, -0.25) is 28.8 Å². The molecule has 1 aromatic rings. The van der Waals surface area contributed by atoms with Gasteiger partial charge in [-0.1, -0.05) is 82.7 Å². The predicted octanol–water partition coefficient (Wildman–Crippen LogP) is 2.14. The molecule has 0 spiro atoms. The first-order chi connectivity index (χ1) is 21.4. The molecule has 6 atom stereocenters. The number of nitrogens with zero attached hydrogens (tertiary/aromatic N) is 1. The van der Waals surface area contributed by atoms with E-state index >= 15 is 0 Å². The van der Waals surface area contributed by atoms with Gasteiger partial charge in [-0.25, -0.2) is 0 Å². The Morgan fingerprint density at radius 2 is 1.58 bits per heavy atom. The molecule has 11 heteroatoms. The molecule has 3 saturated carbocycles. The Morgan fingerprint density at radius 1 is 0.911 bits per heavy atom. The lowest BCUT2D eigenvalue weighted by atomic mass is 9.80. The topological polar surface area (TPSA) is 168 Å². The van der Waals surface area contributed by atoms with Crippen LogP contribution in [-0.2, 0) is 28.8 Å². The Morgan fingerprint density at radius 3 is 2.16 bits per heavy atom. The van der Waals surface area contributed by atoms with Gasteiger partial charge in [-0.2, -0.15) is 0 Å². The normalized spacial score (nSPS) is 25.9. The van der Waals surface area contributed by atoms with Crippen LogP contribution >= 0.6 is 0 Å². The minimum absolute atomic E-state index is 0.0910. The van der Waals surface area contributed by atoms with E-state index in [1.54, 1.807) is 29.2 Å². The molecule has 5 rings (SSSR count). The highest BCUT2D eigenvalue weighted by molar-refractivity contribution is 6.37. The summed E-state index contributed by atoms with van der Waals surface area (Å²) in [4.78, 5) is 80.6. The molecule has 11 nitrogen and oxygen atoms in total. The molecular weight excluding hydrogens is 574 g/mol. The van der Waals surface area contributed by atoms with Crippen LogP contribution in [0.2, 0.25) is 0 Å². The summed E-state index contributed by atoms with van der Waals surface area (Å²) in [5, 5.41) is 8.54. The highest BCUT2D eigenvalue weighted by Crippen LogP contribution is 2.65. The summed E-state index contributed by atoms with van der Waals surface area (Å²) in [5.74, 6) is -3.48. The van der Waals surface area contributed by atoms with Crippen LogP contribution in [0.15, 0.2) is 30.3 Å². The molecular formula is C34H47N5O6. The van der Waals surface area contributed by atoms with Crippen LogP contribution < -0.4 is 21.7 Å². The molecule has 4 fully saturated rings. The van der Waals surface area contributed by atoms with Crippen molar-refractivity contribution in [2.24, 2.45) is 34.8 Å². The lowest BCUT2D eigenvalue weighted by Crippen LogP contribution is -2.60. The summed E-state index contributed by atoms with van der Waals surface area (Å²) in [7, 11) is 0. The van der Waals surface area contributed by atoms with E-state index in [1.807, 2.05) is 6.07 Å². The molecule has 4 aliphatic rings. The minimum Gasteiger partial charge on any atom is -0.363 e. The van der Waals surface area contributed by atoms with Gasteiger partial charge in [-0.15, -0.1) is 0 Å². The Labute approximate surface area is 264 Å². The van der Waals surface area contributed by atoms with Gasteiger partial charge >= 0.3 is 0 Å². The first-order valence-corrected chi connectivity index (χ1v) is 16.5. The second-order valence-electron chi connectivity index (χ2n) is 14.1. The third-order valence-electron chi connectivity index (χ3n) is 10.9. The lowest BCUT2D eigenvalue weighted by molar-refractivity contribution is -0.146. The van der Waals surface area contributed by atoms with E-state index in [0.29, 0.717) is 18.5 Å². The van der Waals surface area contributed by atoms with Crippen LogP contribution in [0.25, 0.3) is 0 Å². The van der Waals surface area contributed by atoms with Crippen molar-refractivity contribution in [2.75, 3.05) is 6.54 Å². The monoisotopic (exact) mass is 621 g/mol. The smallest absolute Gasteiger partial charge is 0.287 e. The maximum atomic E-state index is 14.5. The number of hydrogen-bond donors (Lipinski definition) is 4. The fourth-order valence-corrected chi connectivity index (χ4v) is 7.95. The van der Waals surface area contributed by atoms with Crippen LogP contribution in [0.1, 0.15) is 90.2 Å². The van der Waals surface area contributed by atoms with E-state index in [9.17, 15) is 28.8 Å². The van der Waals surface area contributed by atoms with Crippen LogP contribution in [0.5, 0.6) is 0 Å². The largest absolute Gasteiger partial charge is 0.363 e. The van der Waals surface area contributed by atoms with Crippen molar-refractivity contribution >= 4 is 35.3 Å². The summed E-state index contributed by atoms with van der Waals surface area (Å²) < 4.78 is 0. The number of primary amides is 1. The maximum Gasteiger partial charge on any atom is 0.287 e. The molecule has 1 heterocycles. The zero-order chi connectivity index (χ0) is 32.5.